The zero-order valence-corrected chi connectivity index (χ0v) is 7.66. The molecular weight excluding hydrogens is 180 g/mol. The second kappa shape index (κ2) is 4.32. The van der Waals surface area contributed by atoms with E-state index in [9.17, 15) is 4.79 Å². The van der Waals surface area contributed by atoms with Crippen LogP contribution in [-0.4, -0.2) is 11.0 Å². The predicted molar refractivity (Wildman–Crippen MR) is 54.7 cm³/mol. The first-order valence-corrected chi connectivity index (χ1v) is 4.10. The fourth-order valence-corrected chi connectivity index (χ4v) is 0.995. The molecule has 4 nitrogen and oxygen atoms in total. The molecule has 0 aromatic heterocycles. The third kappa shape index (κ3) is 3.18. The van der Waals surface area contributed by atoms with E-state index in [1.807, 2.05) is 0 Å². The molecule has 0 atom stereocenters. The maximum Gasteiger partial charge on any atom is 0.230 e. The molecule has 1 amide bonds. The molecule has 0 bridgehead atoms. The number of aromatic hydroxyl groups is 1. The van der Waals surface area contributed by atoms with Crippen molar-refractivity contribution < 1.29 is 9.90 Å². The Bertz CT molecular complexity index is 361. The number of anilines is 1. The fourth-order valence-electron chi connectivity index (χ4n) is 0.995. The summed E-state index contributed by atoms with van der Waals surface area (Å²) >= 11 is 0. The second-order valence-corrected chi connectivity index (χ2v) is 2.93. The number of phenols is 1. The van der Waals surface area contributed by atoms with E-state index in [-0.39, 0.29) is 18.1 Å². The molecule has 74 valence electrons. The number of carbonyl (C=O) groups excluding carboxylic acids is 1. The first kappa shape index (κ1) is 10.1. The van der Waals surface area contributed by atoms with E-state index in [0.717, 1.165) is 0 Å². The summed E-state index contributed by atoms with van der Waals surface area (Å²) in [5.41, 5.74) is 6.12. The third-order valence-corrected chi connectivity index (χ3v) is 1.52. The molecule has 0 aliphatic carbocycles. The average Bonchev–Trinajstić information content (AvgIpc) is 2.01. The van der Waals surface area contributed by atoms with E-state index < -0.39 is 0 Å². The van der Waals surface area contributed by atoms with Gasteiger partial charge in [-0.25, -0.2) is 0 Å². The molecule has 1 aromatic carbocycles. The van der Waals surface area contributed by atoms with Gasteiger partial charge in [-0.05, 0) is 12.1 Å². The van der Waals surface area contributed by atoms with E-state index in [1.165, 1.54) is 12.1 Å². The van der Waals surface area contributed by atoms with Crippen LogP contribution in [0.2, 0.25) is 0 Å². The summed E-state index contributed by atoms with van der Waals surface area (Å²) in [5.74, 6) is -0.141. The molecule has 4 heteroatoms. The first-order chi connectivity index (χ1) is 6.58. The SMILES string of the molecule is C=C(N)CC(=O)Nc1cccc(O)c1. The minimum atomic E-state index is -0.247. The Morgan fingerprint density at radius 2 is 2.29 bits per heavy atom. The maximum absolute atomic E-state index is 11.2. The van der Waals surface area contributed by atoms with Crippen LogP contribution in [0.4, 0.5) is 5.69 Å². The molecule has 0 fully saturated rings. The van der Waals surface area contributed by atoms with Gasteiger partial charge in [0.2, 0.25) is 5.91 Å². The molecule has 0 spiro atoms. The normalized spacial score (nSPS) is 9.43. The molecule has 14 heavy (non-hydrogen) atoms. The van der Waals surface area contributed by atoms with Gasteiger partial charge >= 0.3 is 0 Å². The smallest absolute Gasteiger partial charge is 0.230 e. The van der Waals surface area contributed by atoms with Gasteiger partial charge < -0.3 is 16.2 Å². The zero-order chi connectivity index (χ0) is 10.6. The highest BCUT2D eigenvalue weighted by molar-refractivity contribution is 5.92. The number of nitrogens with one attached hydrogen (secondary N) is 1. The van der Waals surface area contributed by atoms with Gasteiger partial charge in [-0.2, -0.15) is 0 Å². The third-order valence-electron chi connectivity index (χ3n) is 1.52. The molecule has 0 unspecified atom stereocenters. The van der Waals surface area contributed by atoms with Crippen molar-refractivity contribution in [1.29, 1.82) is 0 Å². The van der Waals surface area contributed by atoms with Crippen LogP contribution in [0.3, 0.4) is 0 Å². The van der Waals surface area contributed by atoms with Crippen molar-refractivity contribution in [2.45, 2.75) is 6.42 Å². The maximum atomic E-state index is 11.2. The Labute approximate surface area is 82.0 Å². The highest BCUT2D eigenvalue weighted by Gasteiger charge is 2.02. The van der Waals surface area contributed by atoms with Crippen LogP contribution in [0.25, 0.3) is 0 Å². The lowest BCUT2D eigenvalue weighted by Gasteiger charge is -2.04. The van der Waals surface area contributed by atoms with Crippen molar-refractivity contribution in [1.82, 2.24) is 0 Å². The van der Waals surface area contributed by atoms with Crippen LogP contribution in [0.5, 0.6) is 5.75 Å². The largest absolute Gasteiger partial charge is 0.508 e. The monoisotopic (exact) mass is 192 g/mol. The van der Waals surface area contributed by atoms with Crippen LogP contribution >= 0.6 is 0 Å². The number of rotatable bonds is 3. The van der Waals surface area contributed by atoms with Gasteiger partial charge in [0.15, 0.2) is 0 Å². The molecule has 0 heterocycles. The standard InChI is InChI=1S/C10H12N2O2/c1-7(11)5-10(14)12-8-3-2-4-9(13)6-8/h2-4,6,13H,1,5,11H2,(H,12,14). The topological polar surface area (TPSA) is 75.4 Å². The molecule has 1 rings (SSSR count). The number of benzene rings is 1. The van der Waals surface area contributed by atoms with Crippen molar-refractivity contribution >= 4 is 11.6 Å². The summed E-state index contributed by atoms with van der Waals surface area (Å²) < 4.78 is 0. The molecule has 4 N–H and O–H groups in total. The lowest BCUT2D eigenvalue weighted by molar-refractivity contribution is -0.115. The summed E-state index contributed by atoms with van der Waals surface area (Å²) in [6, 6.07) is 6.30. The Balaban J connectivity index is 2.60. The molecule has 0 radical (unpaired) electrons. The minimum Gasteiger partial charge on any atom is -0.508 e. The van der Waals surface area contributed by atoms with Gasteiger partial charge in [-0.3, -0.25) is 4.79 Å². The second-order valence-electron chi connectivity index (χ2n) is 2.93. The number of carbonyl (C=O) groups is 1. The van der Waals surface area contributed by atoms with Crippen LogP contribution < -0.4 is 11.1 Å². The quantitative estimate of drug-likeness (QED) is 0.673. The van der Waals surface area contributed by atoms with Gasteiger partial charge in [-0.1, -0.05) is 12.6 Å². The van der Waals surface area contributed by atoms with Gasteiger partial charge in [0.1, 0.15) is 5.75 Å². The number of hydrogen-bond acceptors (Lipinski definition) is 3. The number of amides is 1. The van der Waals surface area contributed by atoms with E-state index in [0.29, 0.717) is 11.4 Å². The van der Waals surface area contributed by atoms with Crippen molar-refractivity contribution in [3.8, 4) is 5.75 Å². The molecule has 0 saturated heterocycles. The highest BCUT2D eigenvalue weighted by atomic mass is 16.3. The summed E-state index contributed by atoms with van der Waals surface area (Å²) in [6.07, 6.45) is 0.0790. The summed E-state index contributed by atoms with van der Waals surface area (Å²) in [4.78, 5) is 11.2. The van der Waals surface area contributed by atoms with Crippen LogP contribution in [0.1, 0.15) is 6.42 Å². The van der Waals surface area contributed by atoms with E-state index in [4.69, 9.17) is 10.8 Å². The summed E-state index contributed by atoms with van der Waals surface area (Å²) in [5, 5.41) is 11.7. The van der Waals surface area contributed by atoms with Gasteiger partial charge in [0.25, 0.3) is 0 Å². The summed E-state index contributed by atoms with van der Waals surface area (Å²) in [7, 11) is 0. The fraction of sp³-hybridized carbons (Fsp3) is 0.100. The van der Waals surface area contributed by atoms with E-state index in [2.05, 4.69) is 11.9 Å². The molecule has 1 aromatic rings. The molecule has 0 aliphatic heterocycles. The molecular formula is C10H12N2O2. The highest BCUT2D eigenvalue weighted by Crippen LogP contribution is 2.15. The van der Waals surface area contributed by atoms with Crippen LogP contribution in [-0.2, 0) is 4.79 Å². The summed E-state index contributed by atoms with van der Waals surface area (Å²) in [6.45, 7) is 3.42. The lowest BCUT2D eigenvalue weighted by atomic mass is 10.2. The van der Waals surface area contributed by atoms with Crippen LogP contribution in [0, 0.1) is 0 Å². The Hall–Kier alpha value is -1.97. The van der Waals surface area contributed by atoms with Crippen LogP contribution in [0.15, 0.2) is 36.5 Å². The molecule has 0 saturated carbocycles. The van der Waals surface area contributed by atoms with Gasteiger partial charge in [0.05, 0.1) is 6.42 Å². The van der Waals surface area contributed by atoms with E-state index in [1.54, 1.807) is 12.1 Å². The lowest BCUT2D eigenvalue weighted by Crippen LogP contribution is -2.14. The van der Waals surface area contributed by atoms with E-state index >= 15 is 0 Å². The van der Waals surface area contributed by atoms with Crippen molar-refractivity contribution in [3.63, 3.8) is 0 Å². The Morgan fingerprint density at radius 1 is 1.57 bits per heavy atom. The molecule has 0 aliphatic rings. The Kier molecular flexibility index (Phi) is 3.12. The van der Waals surface area contributed by atoms with Crippen molar-refractivity contribution in [2.75, 3.05) is 5.32 Å². The first-order valence-electron chi connectivity index (χ1n) is 4.10. The minimum absolute atomic E-state index is 0.0790. The number of hydrogen-bond donors (Lipinski definition) is 3. The number of phenolic OH excluding ortho intramolecular Hbond substituents is 1. The number of nitrogens with two attached hydrogens (primary N) is 1. The van der Waals surface area contributed by atoms with Gasteiger partial charge in [0, 0.05) is 17.5 Å². The Morgan fingerprint density at radius 3 is 2.86 bits per heavy atom. The van der Waals surface area contributed by atoms with Gasteiger partial charge in [-0.15, -0.1) is 0 Å². The average molecular weight is 192 g/mol. The van der Waals surface area contributed by atoms with Crippen molar-refractivity contribution in [3.05, 3.63) is 36.5 Å². The predicted octanol–water partition coefficient (Wildman–Crippen LogP) is 1.19. The zero-order valence-electron chi connectivity index (χ0n) is 7.66. The van der Waals surface area contributed by atoms with Crippen molar-refractivity contribution in [2.24, 2.45) is 5.73 Å².